The van der Waals surface area contributed by atoms with Gasteiger partial charge >= 0.3 is 0 Å². The second-order valence-corrected chi connectivity index (χ2v) is 4.13. The molecule has 0 aliphatic carbocycles. The molecule has 0 atom stereocenters. The molecule has 1 fully saturated rings. The van der Waals surface area contributed by atoms with Crippen LogP contribution in [0, 0.1) is 0 Å². The number of ether oxygens (including phenoxy) is 1. The first kappa shape index (κ1) is 9.24. The third-order valence-electron chi connectivity index (χ3n) is 1.96. The third kappa shape index (κ3) is 2.33. The van der Waals surface area contributed by atoms with Crippen LogP contribution < -0.4 is 4.90 Å². The summed E-state index contributed by atoms with van der Waals surface area (Å²) in [5.74, 6) is 0. The lowest BCUT2D eigenvalue weighted by molar-refractivity contribution is 0.152. The van der Waals surface area contributed by atoms with Gasteiger partial charge in [-0.1, -0.05) is 11.6 Å². The topological polar surface area (TPSA) is 25.4 Å². The van der Waals surface area contributed by atoms with Crippen molar-refractivity contribution in [3.8, 4) is 0 Å². The van der Waals surface area contributed by atoms with Crippen molar-refractivity contribution in [1.29, 1.82) is 0 Å². The third-order valence-corrected chi connectivity index (χ3v) is 3.18. The maximum atomic E-state index is 5.76. The zero-order chi connectivity index (χ0) is 9.10. The van der Waals surface area contributed by atoms with E-state index in [9.17, 15) is 0 Å². The van der Waals surface area contributed by atoms with Gasteiger partial charge in [0.05, 0.1) is 6.61 Å². The van der Waals surface area contributed by atoms with Gasteiger partial charge in [-0.25, -0.2) is 4.98 Å². The van der Waals surface area contributed by atoms with E-state index < -0.39 is 0 Å². The molecule has 1 aliphatic heterocycles. The number of hydrogen-bond donors (Lipinski definition) is 0. The van der Waals surface area contributed by atoms with Crippen molar-refractivity contribution >= 4 is 28.1 Å². The Morgan fingerprint density at radius 2 is 2.38 bits per heavy atom. The van der Waals surface area contributed by atoms with Gasteiger partial charge < -0.3 is 9.64 Å². The molecule has 0 unspecified atom stereocenters. The minimum Gasteiger partial charge on any atom is -0.380 e. The molecule has 0 aromatic carbocycles. The SMILES string of the molecule is Clc1csc(N2CCCOCC2)n1. The van der Waals surface area contributed by atoms with Crippen LogP contribution in [0.3, 0.4) is 0 Å². The van der Waals surface area contributed by atoms with Gasteiger partial charge in [0.15, 0.2) is 5.13 Å². The van der Waals surface area contributed by atoms with Gasteiger partial charge in [-0.2, -0.15) is 0 Å². The molecule has 2 rings (SSSR count). The summed E-state index contributed by atoms with van der Waals surface area (Å²) in [6.45, 7) is 3.58. The van der Waals surface area contributed by atoms with Gasteiger partial charge in [0, 0.05) is 25.1 Å². The lowest BCUT2D eigenvalue weighted by Gasteiger charge is -2.17. The second kappa shape index (κ2) is 4.26. The van der Waals surface area contributed by atoms with E-state index in [1.807, 2.05) is 5.38 Å². The molecule has 1 aromatic rings. The van der Waals surface area contributed by atoms with Crippen molar-refractivity contribution in [2.45, 2.75) is 6.42 Å². The number of thiazole rings is 1. The van der Waals surface area contributed by atoms with Gasteiger partial charge in [-0.3, -0.25) is 0 Å². The smallest absolute Gasteiger partial charge is 0.186 e. The van der Waals surface area contributed by atoms with Crippen LogP contribution >= 0.6 is 22.9 Å². The Labute approximate surface area is 86.3 Å². The summed E-state index contributed by atoms with van der Waals surface area (Å²) in [5, 5.41) is 3.46. The highest BCUT2D eigenvalue weighted by Crippen LogP contribution is 2.23. The fourth-order valence-electron chi connectivity index (χ4n) is 1.33. The molecule has 0 radical (unpaired) electrons. The highest BCUT2D eigenvalue weighted by Gasteiger charge is 2.12. The van der Waals surface area contributed by atoms with Gasteiger partial charge in [0.1, 0.15) is 5.15 Å². The summed E-state index contributed by atoms with van der Waals surface area (Å²) in [4.78, 5) is 6.46. The van der Waals surface area contributed by atoms with Crippen molar-refractivity contribution in [2.75, 3.05) is 31.2 Å². The van der Waals surface area contributed by atoms with Crippen LogP contribution in [-0.2, 0) is 4.74 Å². The van der Waals surface area contributed by atoms with E-state index in [-0.39, 0.29) is 0 Å². The number of aromatic nitrogens is 1. The predicted molar refractivity (Wildman–Crippen MR) is 54.8 cm³/mol. The first-order chi connectivity index (χ1) is 6.36. The van der Waals surface area contributed by atoms with E-state index in [4.69, 9.17) is 16.3 Å². The molecule has 1 aromatic heterocycles. The molecule has 3 nitrogen and oxygen atoms in total. The molecule has 0 amide bonds. The van der Waals surface area contributed by atoms with E-state index in [0.717, 1.165) is 37.9 Å². The minimum atomic E-state index is 0.588. The van der Waals surface area contributed by atoms with Crippen molar-refractivity contribution in [1.82, 2.24) is 4.98 Å². The average molecular weight is 219 g/mol. The van der Waals surface area contributed by atoms with Crippen LogP contribution in [0.15, 0.2) is 5.38 Å². The number of nitrogens with zero attached hydrogens (tertiary/aromatic N) is 2. The van der Waals surface area contributed by atoms with Crippen molar-refractivity contribution < 1.29 is 4.74 Å². The van der Waals surface area contributed by atoms with Gasteiger partial charge in [0.25, 0.3) is 0 Å². The Morgan fingerprint density at radius 1 is 1.46 bits per heavy atom. The Hall–Kier alpha value is -0.320. The minimum absolute atomic E-state index is 0.588. The molecule has 13 heavy (non-hydrogen) atoms. The number of anilines is 1. The van der Waals surface area contributed by atoms with Crippen LogP contribution in [0.2, 0.25) is 5.15 Å². The zero-order valence-electron chi connectivity index (χ0n) is 7.20. The summed E-state index contributed by atoms with van der Waals surface area (Å²) in [6, 6.07) is 0. The monoisotopic (exact) mass is 218 g/mol. The summed E-state index contributed by atoms with van der Waals surface area (Å²) in [5.41, 5.74) is 0. The van der Waals surface area contributed by atoms with E-state index in [1.54, 1.807) is 11.3 Å². The number of halogens is 1. The first-order valence-electron chi connectivity index (χ1n) is 4.30. The second-order valence-electron chi connectivity index (χ2n) is 2.91. The van der Waals surface area contributed by atoms with E-state index in [2.05, 4.69) is 9.88 Å². The first-order valence-corrected chi connectivity index (χ1v) is 5.56. The molecule has 0 N–H and O–H groups in total. The summed E-state index contributed by atoms with van der Waals surface area (Å²) >= 11 is 7.35. The summed E-state index contributed by atoms with van der Waals surface area (Å²) in [7, 11) is 0. The standard InChI is InChI=1S/C8H11ClN2OS/c9-7-6-13-8(10-7)11-2-1-4-12-5-3-11/h6H,1-5H2. The number of rotatable bonds is 1. The molecule has 72 valence electrons. The summed E-state index contributed by atoms with van der Waals surface area (Å²) < 4.78 is 5.36. The van der Waals surface area contributed by atoms with Crippen LogP contribution in [0.25, 0.3) is 0 Å². The van der Waals surface area contributed by atoms with Gasteiger partial charge in [0.2, 0.25) is 0 Å². The molecule has 1 saturated heterocycles. The van der Waals surface area contributed by atoms with Gasteiger partial charge in [-0.15, -0.1) is 11.3 Å². The molecule has 0 saturated carbocycles. The van der Waals surface area contributed by atoms with Crippen LogP contribution in [0.5, 0.6) is 0 Å². The van der Waals surface area contributed by atoms with Crippen LogP contribution in [0.1, 0.15) is 6.42 Å². The highest BCUT2D eigenvalue weighted by molar-refractivity contribution is 7.14. The predicted octanol–water partition coefficient (Wildman–Crippen LogP) is 2.02. The Bertz CT molecular complexity index is 271. The molecular weight excluding hydrogens is 208 g/mol. The molecule has 5 heteroatoms. The zero-order valence-corrected chi connectivity index (χ0v) is 8.77. The lowest BCUT2D eigenvalue weighted by Crippen LogP contribution is -2.25. The Balaban J connectivity index is 2.06. The van der Waals surface area contributed by atoms with E-state index >= 15 is 0 Å². The van der Waals surface area contributed by atoms with E-state index in [1.165, 1.54) is 0 Å². The maximum absolute atomic E-state index is 5.76. The van der Waals surface area contributed by atoms with Crippen LogP contribution in [0.4, 0.5) is 5.13 Å². The largest absolute Gasteiger partial charge is 0.380 e. The van der Waals surface area contributed by atoms with Crippen molar-refractivity contribution in [3.63, 3.8) is 0 Å². The normalized spacial score (nSPS) is 18.7. The Morgan fingerprint density at radius 3 is 3.15 bits per heavy atom. The molecular formula is C8H11ClN2OS. The quantitative estimate of drug-likeness (QED) is 0.721. The summed E-state index contributed by atoms with van der Waals surface area (Å²) in [6.07, 6.45) is 1.07. The highest BCUT2D eigenvalue weighted by atomic mass is 35.5. The Kier molecular flexibility index (Phi) is 3.03. The molecule has 2 heterocycles. The van der Waals surface area contributed by atoms with Gasteiger partial charge in [-0.05, 0) is 6.42 Å². The molecule has 0 bridgehead atoms. The maximum Gasteiger partial charge on any atom is 0.186 e. The average Bonchev–Trinajstić information content (AvgIpc) is 2.43. The molecule has 1 aliphatic rings. The number of hydrogen-bond acceptors (Lipinski definition) is 4. The van der Waals surface area contributed by atoms with Crippen molar-refractivity contribution in [3.05, 3.63) is 10.5 Å². The lowest BCUT2D eigenvalue weighted by atomic mass is 10.4. The van der Waals surface area contributed by atoms with Crippen molar-refractivity contribution in [2.24, 2.45) is 0 Å². The fraction of sp³-hybridized carbons (Fsp3) is 0.625. The van der Waals surface area contributed by atoms with Crippen LogP contribution in [-0.4, -0.2) is 31.3 Å². The fourth-order valence-corrected chi connectivity index (χ4v) is 2.33. The van der Waals surface area contributed by atoms with E-state index in [0.29, 0.717) is 5.15 Å². The molecule has 0 spiro atoms.